The summed E-state index contributed by atoms with van der Waals surface area (Å²) in [7, 11) is -2.22. The minimum Gasteiger partial charge on any atom is -0.495 e. The molecule has 5 rings (SSSR count). The molecule has 9 nitrogen and oxygen atoms in total. The number of ether oxygens (including phenoxy) is 2. The number of hydrogen-bond acceptors (Lipinski definition) is 8. The molecule has 2 aromatic heterocycles. The summed E-state index contributed by atoms with van der Waals surface area (Å²) >= 11 is 1.10. The van der Waals surface area contributed by atoms with E-state index < -0.39 is 28.0 Å². The van der Waals surface area contributed by atoms with Crippen LogP contribution in [0.3, 0.4) is 0 Å². The van der Waals surface area contributed by atoms with Gasteiger partial charge in [-0.3, -0.25) is 9.52 Å². The van der Waals surface area contributed by atoms with Gasteiger partial charge in [0.25, 0.3) is 15.9 Å². The molecule has 0 aliphatic heterocycles. The smallest absolute Gasteiger partial charge is 0.338 e. The van der Waals surface area contributed by atoms with Gasteiger partial charge in [-0.2, -0.15) is 0 Å². The summed E-state index contributed by atoms with van der Waals surface area (Å²) in [6.45, 7) is 1.45. The van der Waals surface area contributed by atoms with E-state index >= 15 is 0 Å². The van der Waals surface area contributed by atoms with E-state index in [1.54, 1.807) is 23.6 Å². The summed E-state index contributed by atoms with van der Waals surface area (Å²) in [5.74, 6) is -0.871. The predicted molar refractivity (Wildman–Crippen MR) is 145 cm³/mol. The van der Waals surface area contributed by atoms with Crippen molar-refractivity contribution in [1.82, 2.24) is 0 Å². The zero-order valence-corrected chi connectivity index (χ0v) is 21.9. The lowest BCUT2D eigenvalue weighted by Gasteiger charge is -2.15. The Balaban J connectivity index is 1.25. The minimum absolute atomic E-state index is 0.157. The standard InChI is InChI=1S/C27H22N2O7S2/c1-16(35-27(31)17-9-11-18(12-10-17)29-38(32,33)25-8-5-13-37-25)26(30)28-21-15-23-20(14-24(21)34-2)19-6-3-4-7-22(19)36-23/h3-16,29H,1-2H3,(H,28,30). The molecule has 0 bridgehead atoms. The number of carbonyl (C=O) groups excluding carboxylic acids is 2. The third kappa shape index (κ3) is 5.06. The van der Waals surface area contributed by atoms with Crippen molar-refractivity contribution in [3.63, 3.8) is 0 Å². The molecule has 0 saturated carbocycles. The lowest BCUT2D eigenvalue weighted by atomic mass is 10.1. The number of sulfonamides is 1. The molecule has 1 amide bonds. The zero-order valence-electron chi connectivity index (χ0n) is 20.3. The van der Waals surface area contributed by atoms with Crippen molar-refractivity contribution in [2.24, 2.45) is 0 Å². The quantitative estimate of drug-likeness (QED) is 0.240. The van der Waals surface area contributed by atoms with Crippen molar-refractivity contribution in [3.8, 4) is 5.75 Å². The van der Waals surface area contributed by atoms with Gasteiger partial charge in [-0.15, -0.1) is 11.3 Å². The Morgan fingerprint density at radius 2 is 1.71 bits per heavy atom. The number of thiophene rings is 1. The number of anilines is 2. The molecule has 2 heterocycles. The summed E-state index contributed by atoms with van der Waals surface area (Å²) < 4.78 is 44.0. The van der Waals surface area contributed by atoms with Crippen molar-refractivity contribution >= 4 is 66.5 Å². The Morgan fingerprint density at radius 1 is 0.947 bits per heavy atom. The molecule has 11 heteroatoms. The van der Waals surface area contributed by atoms with Crippen molar-refractivity contribution in [2.75, 3.05) is 17.1 Å². The Hall–Kier alpha value is -4.35. The van der Waals surface area contributed by atoms with Crippen LogP contribution in [0.5, 0.6) is 5.75 Å². The second-order valence-electron chi connectivity index (χ2n) is 8.30. The van der Waals surface area contributed by atoms with Gasteiger partial charge in [0.15, 0.2) is 6.10 Å². The fourth-order valence-electron chi connectivity index (χ4n) is 3.83. The van der Waals surface area contributed by atoms with E-state index in [2.05, 4.69) is 10.0 Å². The first-order chi connectivity index (χ1) is 18.2. The van der Waals surface area contributed by atoms with Crippen LogP contribution in [-0.4, -0.2) is 33.5 Å². The molecule has 1 atom stereocenters. The van der Waals surface area contributed by atoms with E-state index in [1.165, 1.54) is 44.4 Å². The molecule has 0 saturated heterocycles. The largest absolute Gasteiger partial charge is 0.495 e. The fourth-order valence-corrected chi connectivity index (χ4v) is 5.88. The summed E-state index contributed by atoms with van der Waals surface area (Å²) in [5, 5.41) is 6.16. The van der Waals surface area contributed by atoms with E-state index in [1.807, 2.05) is 24.3 Å². The molecule has 0 radical (unpaired) electrons. The SMILES string of the molecule is COc1cc2c(cc1NC(=O)C(C)OC(=O)c1ccc(NS(=O)(=O)c3cccs3)cc1)oc1ccccc12. The van der Waals surface area contributed by atoms with Gasteiger partial charge in [-0.1, -0.05) is 24.3 Å². The van der Waals surface area contributed by atoms with Crippen molar-refractivity contribution < 1.29 is 31.9 Å². The molecular formula is C27H22N2O7S2. The molecule has 194 valence electrons. The Labute approximate surface area is 222 Å². The molecule has 2 N–H and O–H groups in total. The van der Waals surface area contributed by atoms with E-state index in [9.17, 15) is 18.0 Å². The van der Waals surface area contributed by atoms with Gasteiger partial charge in [0.05, 0.1) is 18.4 Å². The summed E-state index contributed by atoms with van der Waals surface area (Å²) in [4.78, 5) is 25.4. The zero-order chi connectivity index (χ0) is 26.9. The van der Waals surface area contributed by atoms with Crippen LogP contribution >= 0.6 is 11.3 Å². The van der Waals surface area contributed by atoms with Gasteiger partial charge < -0.3 is 19.2 Å². The first-order valence-corrected chi connectivity index (χ1v) is 13.8. The fraction of sp³-hybridized carbons (Fsp3) is 0.111. The second-order valence-corrected chi connectivity index (χ2v) is 11.2. The van der Waals surface area contributed by atoms with Gasteiger partial charge in [-0.25, -0.2) is 13.2 Å². The Kier molecular flexibility index (Phi) is 6.79. The third-order valence-corrected chi connectivity index (χ3v) is 8.52. The number of esters is 1. The number of carbonyl (C=O) groups is 2. The second kappa shape index (κ2) is 10.2. The molecule has 5 aromatic rings. The monoisotopic (exact) mass is 550 g/mol. The Morgan fingerprint density at radius 3 is 2.42 bits per heavy atom. The maximum absolute atomic E-state index is 12.8. The lowest BCUT2D eigenvalue weighted by Crippen LogP contribution is -2.30. The van der Waals surface area contributed by atoms with Crippen molar-refractivity contribution in [3.05, 3.63) is 83.7 Å². The Bertz CT molecular complexity index is 1740. The molecule has 3 aromatic carbocycles. The minimum atomic E-state index is -3.71. The number of furan rings is 1. The van der Waals surface area contributed by atoms with Crippen LogP contribution in [0.4, 0.5) is 11.4 Å². The number of benzene rings is 3. The van der Waals surface area contributed by atoms with Gasteiger partial charge in [0.1, 0.15) is 21.1 Å². The highest BCUT2D eigenvalue weighted by Gasteiger charge is 2.22. The van der Waals surface area contributed by atoms with Gasteiger partial charge in [-0.05, 0) is 54.8 Å². The average molecular weight is 551 g/mol. The molecular weight excluding hydrogens is 528 g/mol. The van der Waals surface area contributed by atoms with Crippen LogP contribution in [0.2, 0.25) is 0 Å². The topological polar surface area (TPSA) is 124 Å². The number of nitrogens with one attached hydrogen (secondary N) is 2. The molecule has 0 spiro atoms. The number of rotatable bonds is 8. The van der Waals surface area contributed by atoms with Crippen LogP contribution in [0.15, 0.2) is 86.8 Å². The summed E-state index contributed by atoms with van der Waals surface area (Å²) in [5.41, 5.74) is 2.09. The van der Waals surface area contributed by atoms with Crippen LogP contribution in [0.25, 0.3) is 21.9 Å². The summed E-state index contributed by atoms with van der Waals surface area (Å²) in [6.07, 6.45) is -1.13. The normalized spacial score (nSPS) is 12.3. The highest BCUT2D eigenvalue weighted by atomic mass is 32.2. The maximum Gasteiger partial charge on any atom is 0.338 e. The molecule has 1 unspecified atom stereocenters. The third-order valence-electron chi connectivity index (χ3n) is 5.74. The molecule has 0 aliphatic rings. The van der Waals surface area contributed by atoms with Gasteiger partial charge in [0, 0.05) is 22.5 Å². The average Bonchev–Trinajstić information content (AvgIpc) is 3.57. The van der Waals surface area contributed by atoms with Gasteiger partial charge in [0.2, 0.25) is 0 Å². The molecule has 0 fully saturated rings. The molecule has 0 aliphatic carbocycles. The predicted octanol–water partition coefficient (Wildman–Crippen LogP) is 5.64. The number of hydrogen-bond donors (Lipinski definition) is 2. The van der Waals surface area contributed by atoms with Crippen LogP contribution in [0, 0.1) is 0 Å². The number of amides is 1. The first-order valence-electron chi connectivity index (χ1n) is 11.4. The number of methoxy groups -OCH3 is 1. The van der Waals surface area contributed by atoms with E-state index in [4.69, 9.17) is 13.9 Å². The van der Waals surface area contributed by atoms with Crippen molar-refractivity contribution in [2.45, 2.75) is 17.2 Å². The number of para-hydroxylation sites is 1. The highest BCUT2D eigenvalue weighted by Crippen LogP contribution is 2.36. The number of fused-ring (bicyclic) bond motifs is 3. The van der Waals surface area contributed by atoms with Crippen LogP contribution in [-0.2, 0) is 19.6 Å². The maximum atomic E-state index is 12.8. The highest BCUT2D eigenvalue weighted by molar-refractivity contribution is 7.94. The van der Waals surface area contributed by atoms with E-state index in [0.29, 0.717) is 22.6 Å². The van der Waals surface area contributed by atoms with Gasteiger partial charge >= 0.3 is 5.97 Å². The summed E-state index contributed by atoms with van der Waals surface area (Å²) in [6, 6.07) is 19.9. The van der Waals surface area contributed by atoms with Crippen LogP contribution in [0.1, 0.15) is 17.3 Å². The molecule has 38 heavy (non-hydrogen) atoms. The van der Waals surface area contributed by atoms with Crippen LogP contribution < -0.4 is 14.8 Å². The van der Waals surface area contributed by atoms with E-state index in [-0.39, 0.29) is 15.5 Å². The van der Waals surface area contributed by atoms with Crippen molar-refractivity contribution in [1.29, 1.82) is 0 Å². The first kappa shape index (κ1) is 25.3. The van der Waals surface area contributed by atoms with E-state index in [0.717, 1.165) is 22.1 Å². The lowest BCUT2D eigenvalue weighted by molar-refractivity contribution is -0.123.